The Bertz CT molecular complexity index is 1260. The lowest BCUT2D eigenvalue weighted by Gasteiger charge is -2.35. The van der Waals surface area contributed by atoms with Crippen molar-refractivity contribution in [2.75, 3.05) is 31.1 Å². The number of carbonyl (C=O) groups is 1. The molecule has 1 aliphatic rings. The Morgan fingerprint density at radius 2 is 1.72 bits per heavy atom. The van der Waals surface area contributed by atoms with Gasteiger partial charge in [-0.15, -0.1) is 0 Å². The number of aromatic nitrogens is 3. The zero-order valence-corrected chi connectivity index (χ0v) is 18.3. The Kier molecular flexibility index (Phi) is 5.31. The first-order valence-electron chi connectivity index (χ1n) is 10.8. The van der Waals surface area contributed by atoms with Crippen LogP contribution in [0.2, 0.25) is 0 Å². The summed E-state index contributed by atoms with van der Waals surface area (Å²) >= 11 is 0. The molecule has 0 unspecified atom stereocenters. The van der Waals surface area contributed by atoms with Crippen molar-refractivity contribution in [2.24, 2.45) is 0 Å². The molecule has 3 heterocycles. The van der Waals surface area contributed by atoms with E-state index in [-0.39, 0.29) is 12.3 Å². The van der Waals surface area contributed by atoms with Crippen LogP contribution in [-0.2, 0) is 11.2 Å². The van der Waals surface area contributed by atoms with Gasteiger partial charge in [-0.3, -0.25) is 4.79 Å². The summed E-state index contributed by atoms with van der Waals surface area (Å²) < 4.78 is 5.45. The predicted octanol–water partition coefficient (Wildman–Crippen LogP) is 3.79. The van der Waals surface area contributed by atoms with E-state index in [1.54, 1.807) is 6.33 Å². The molecule has 0 aliphatic carbocycles. The van der Waals surface area contributed by atoms with Crippen LogP contribution >= 0.6 is 0 Å². The molecule has 2 aromatic carbocycles. The minimum Gasteiger partial charge on any atom is -0.356 e. The summed E-state index contributed by atoms with van der Waals surface area (Å²) in [5.41, 5.74) is 5.73. The maximum Gasteiger partial charge on any atom is 0.228 e. The highest BCUT2D eigenvalue weighted by molar-refractivity contribution is 5.87. The van der Waals surface area contributed by atoms with Gasteiger partial charge in [0.1, 0.15) is 17.8 Å². The quantitative estimate of drug-likeness (QED) is 0.493. The third-order valence-corrected chi connectivity index (χ3v) is 6.16. The minimum absolute atomic E-state index is 0.0748. The van der Waals surface area contributed by atoms with Crippen LogP contribution < -0.4 is 4.90 Å². The zero-order chi connectivity index (χ0) is 22.1. The largest absolute Gasteiger partial charge is 0.356 e. The molecule has 2 aromatic heterocycles. The number of fused-ring (bicyclic) bond motifs is 1. The summed E-state index contributed by atoms with van der Waals surface area (Å²) in [6.45, 7) is 6.86. The molecular formula is C25H25N5O2. The van der Waals surface area contributed by atoms with Gasteiger partial charge in [-0.1, -0.05) is 35.5 Å². The molecular weight excluding hydrogens is 402 g/mol. The summed E-state index contributed by atoms with van der Waals surface area (Å²) in [6, 6.07) is 16.1. The Labute approximate surface area is 186 Å². The Hall–Kier alpha value is -3.74. The van der Waals surface area contributed by atoms with Crippen LogP contribution in [0.15, 0.2) is 59.4 Å². The average molecular weight is 428 g/mol. The number of aryl methyl sites for hydroxylation is 2. The molecule has 1 amide bonds. The van der Waals surface area contributed by atoms with Gasteiger partial charge in [-0.2, -0.15) is 0 Å². The summed E-state index contributed by atoms with van der Waals surface area (Å²) in [6.07, 6.45) is 1.86. The van der Waals surface area contributed by atoms with Gasteiger partial charge in [-0.25, -0.2) is 9.97 Å². The summed E-state index contributed by atoms with van der Waals surface area (Å²) in [7, 11) is 0. The molecule has 0 radical (unpaired) electrons. The van der Waals surface area contributed by atoms with Crippen molar-refractivity contribution in [1.29, 1.82) is 0 Å². The number of anilines is 1. The van der Waals surface area contributed by atoms with Crippen LogP contribution in [0, 0.1) is 13.8 Å². The molecule has 32 heavy (non-hydrogen) atoms. The van der Waals surface area contributed by atoms with E-state index in [1.165, 1.54) is 5.56 Å². The molecule has 1 fully saturated rings. The number of benzene rings is 2. The lowest BCUT2D eigenvalue weighted by molar-refractivity contribution is -0.130. The monoisotopic (exact) mass is 427 g/mol. The van der Waals surface area contributed by atoms with E-state index in [4.69, 9.17) is 4.52 Å². The number of piperazine rings is 1. The van der Waals surface area contributed by atoms with Gasteiger partial charge in [0.25, 0.3) is 0 Å². The maximum atomic E-state index is 12.9. The molecule has 162 valence electrons. The zero-order valence-electron chi connectivity index (χ0n) is 18.3. The van der Waals surface area contributed by atoms with Crippen molar-refractivity contribution in [3.05, 3.63) is 71.7 Å². The second kappa shape index (κ2) is 8.42. The van der Waals surface area contributed by atoms with E-state index >= 15 is 0 Å². The first-order valence-corrected chi connectivity index (χ1v) is 10.8. The Morgan fingerprint density at radius 1 is 0.969 bits per heavy atom. The van der Waals surface area contributed by atoms with E-state index in [2.05, 4.69) is 33.0 Å². The van der Waals surface area contributed by atoms with E-state index in [0.29, 0.717) is 18.8 Å². The Balaban J connectivity index is 1.24. The van der Waals surface area contributed by atoms with E-state index in [9.17, 15) is 4.79 Å². The highest BCUT2D eigenvalue weighted by Crippen LogP contribution is 2.24. The van der Waals surface area contributed by atoms with Crippen molar-refractivity contribution in [2.45, 2.75) is 20.3 Å². The van der Waals surface area contributed by atoms with Gasteiger partial charge in [0, 0.05) is 43.2 Å². The van der Waals surface area contributed by atoms with Gasteiger partial charge in [0.2, 0.25) is 5.91 Å². The van der Waals surface area contributed by atoms with Gasteiger partial charge < -0.3 is 14.3 Å². The van der Waals surface area contributed by atoms with E-state index in [1.807, 2.05) is 54.3 Å². The number of rotatable bonds is 4. The second-order valence-corrected chi connectivity index (χ2v) is 8.23. The highest BCUT2D eigenvalue weighted by atomic mass is 16.5. The molecule has 0 N–H and O–H groups in total. The van der Waals surface area contributed by atoms with Crippen molar-refractivity contribution < 1.29 is 9.32 Å². The van der Waals surface area contributed by atoms with Crippen LogP contribution in [0.4, 0.5) is 5.82 Å². The van der Waals surface area contributed by atoms with Gasteiger partial charge in [-0.05, 0) is 37.1 Å². The van der Waals surface area contributed by atoms with Gasteiger partial charge in [0.15, 0.2) is 5.58 Å². The highest BCUT2D eigenvalue weighted by Gasteiger charge is 2.24. The first kappa shape index (κ1) is 20.2. The van der Waals surface area contributed by atoms with Crippen LogP contribution in [0.5, 0.6) is 0 Å². The lowest BCUT2D eigenvalue weighted by atomic mass is 10.1. The fourth-order valence-corrected chi connectivity index (χ4v) is 4.10. The topological polar surface area (TPSA) is 75.4 Å². The molecule has 0 bridgehead atoms. The van der Waals surface area contributed by atoms with Crippen molar-refractivity contribution >= 4 is 22.7 Å². The normalized spacial score (nSPS) is 14.2. The summed E-state index contributed by atoms with van der Waals surface area (Å²) in [5, 5.41) is 5.09. The summed E-state index contributed by atoms with van der Waals surface area (Å²) in [4.78, 5) is 25.9. The molecule has 0 atom stereocenters. The third-order valence-electron chi connectivity index (χ3n) is 6.16. The number of nitrogens with zero attached hydrogens (tertiary/aromatic N) is 5. The van der Waals surface area contributed by atoms with E-state index < -0.39 is 0 Å². The molecule has 7 heteroatoms. The van der Waals surface area contributed by atoms with Crippen LogP contribution in [0.1, 0.15) is 16.8 Å². The minimum atomic E-state index is 0.0748. The standard InChI is InChI=1S/C25H25N5O2/c1-17-12-20-22(28-32-23(20)13-18(17)2)15-25(31)30-10-8-29(9-11-30)24-14-21(26-16-27-24)19-6-4-3-5-7-19/h3-7,12-14,16H,8-11,15H2,1-2H3. The van der Waals surface area contributed by atoms with Crippen molar-refractivity contribution in [3.63, 3.8) is 0 Å². The average Bonchev–Trinajstić information content (AvgIpc) is 3.21. The number of amides is 1. The fraction of sp³-hybridized carbons (Fsp3) is 0.280. The van der Waals surface area contributed by atoms with Crippen LogP contribution in [-0.4, -0.2) is 52.1 Å². The molecule has 1 aliphatic heterocycles. The molecule has 4 aromatic rings. The molecule has 0 saturated carbocycles. The lowest BCUT2D eigenvalue weighted by Crippen LogP contribution is -2.49. The molecule has 1 saturated heterocycles. The number of carbonyl (C=O) groups excluding carboxylic acids is 1. The Morgan fingerprint density at radius 3 is 2.50 bits per heavy atom. The third kappa shape index (κ3) is 3.93. The van der Waals surface area contributed by atoms with Crippen LogP contribution in [0.25, 0.3) is 22.2 Å². The number of hydrogen-bond donors (Lipinski definition) is 0. The fourth-order valence-electron chi connectivity index (χ4n) is 4.10. The number of hydrogen-bond acceptors (Lipinski definition) is 6. The van der Waals surface area contributed by atoms with Crippen molar-refractivity contribution in [3.8, 4) is 11.3 Å². The van der Waals surface area contributed by atoms with Gasteiger partial charge >= 0.3 is 0 Å². The van der Waals surface area contributed by atoms with E-state index in [0.717, 1.165) is 46.7 Å². The van der Waals surface area contributed by atoms with Crippen LogP contribution in [0.3, 0.4) is 0 Å². The molecule has 7 nitrogen and oxygen atoms in total. The van der Waals surface area contributed by atoms with Gasteiger partial charge in [0.05, 0.1) is 12.1 Å². The predicted molar refractivity (Wildman–Crippen MR) is 123 cm³/mol. The van der Waals surface area contributed by atoms with Crippen molar-refractivity contribution in [1.82, 2.24) is 20.0 Å². The first-order chi connectivity index (χ1) is 15.6. The second-order valence-electron chi connectivity index (χ2n) is 8.23. The molecule has 0 spiro atoms. The summed E-state index contributed by atoms with van der Waals surface area (Å²) in [5.74, 6) is 0.963. The molecule has 5 rings (SSSR count). The smallest absolute Gasteiger partial charge is 0.228 e. The SMILES string of the molecule is Cc1cc2onc(CC(=O)N3CCN(c4cc(-c5ccccc5)ncn4)CC3)c2cc1C. The maximum absolute atomic E-state index is 12.9.